The zero-order valence-electron chi connectivity index (χ0n) is 9.59. The summed E-state index contributed by atoms with van der Waals surface area (Å²) in [5, 5.41) is 0. The van der Waals surface area contributed by atoms with Crippen LogP contribution in [0.5, 0.6) is 0 Å². The summed E-state index contributed by atoms with van der Waals surface area (Å²) >= 11 is 0. The SMILES string of the molecule is Cc1cc(C)cc(C2(CN)CC=CC2)c1. The number of nitrogens with two attached hydrogens (primary N) is 1. The minimum atomic E-state index is 0.177. The number of hydrogen-bond acceptors (Lipinski definition) is 1. The van der Waals surface area contributed by atoms with Crippen LogP contribution in [0.1, 0.15) is 29.5 Å². The Morgan fingerprint density at radius 1 is 1.07 bits per heavy atom. The van der Waals surface area contributed by atoms with Crippen LogP contribution in [0.15, 0.2) is 30.4 Å². The first kappa shape index (κ1) is 10.4. The molecule has 0 spiro atoms. The van der Waals surface area contributed by atoms with Gasteiger partial charge >= 0.3 is 0 Å². The summed E-state index contributed by atoms with van der Waals surface area (Å²) in [6.07, 6.45) is 6.69. The van der Waals surface area contributed by atoms with Crippen LogP contribution in [-0.2, 0) is 5.41 Å². The van der Waals surface area contributed by atoms with Crippen molar-refractivity contribution in [2.75, 3.05) is 6.54 Å². The molecule has 1 aliphatic carbocycles. The molecule has 80 valence electrons. The first-order chi connectivity index (χ1) is 7.16. The number of benzene rings is 1. The van der Waals surface area contributed by atoms with Crippen LogP contribution in [-0.4, -0.2) is 6.54 Å². The summed E-state index contributed by atoms with van der Waals surface area (Å²) in [6.45, 7) is 5.05. The quantitative estimate of drug-likeness (QED) is 0.732. The fraction of sp³-hybridized carbons (Fsp3) is 0.429. The molecule has 15 heavy (non-hydrogen) atoms. The zero-order chi connectivity index (χ0) is 10.9. The molecule has 1 aromatic carbocycles. The maximum absolute atomic E-state index is 5.96. The molecule has 1 heteroatoms. The Balaban J connectivity index is 2.43. The third-order valence-electron chi connectivity index (χ3n) is 3.41. The predicted molar refractivity (Wildman–Crippen MR) is 65.0 cm³/mol. The molecule has 0 saturated carbocycles. The lowest BCUT2D eigenvalue weighted by Crippen LogP contribution is -2.32. The number of aryl methyl sites for hydroxylation is 2. The van der Waals surface area contributed by atoms with E-state index in [9.17, 15) is 0 Å². The molecule has 0 heterocycles. The van der Waals surface area contributed by atoms with Crippen molar-refractivity contribution >= 4 is 0 Å². The molecule has 0 fully saturated rings. The third-order valence-corrected chi connectivity index (χ3v) is 3.41. The van der Waals surface area contributed by atoms with Crippen molar-refractivity contribution in [3.8, 4) is 0 Å². The van der Waals surface area contributed by atoms with Gasteiger partial charge in [-0.3, -0.25) is 0 Å². The Kier molecular flexibility index (Phi) is 2.66. The van der Waals surface area contributed by atoms with Gasteiger partial charge in [-0.15, -0.1) is 0 Å². The number of allylic oxidation sites excluding steroid dienone is 2. The molecule has 0 saturated heterocycles. The van der Waals surface area contributed by atoms with E-state index < -0.39 is 0 Å². The van der Waals surface area contributed by atoms with E-state index in [0.717, 1.165) is 19.4 Å². The minimum absolute atomic E-state index is 0.177. The minimum Gasteiger partial charge on any atom is -0.330 e. The number of rotatable bonds is 2. The van der Waals surface area contributed by atoms with Crippen LogP contribution in [0.3, 0.4) is 0 Å². The maximum atomic E-state index is 5.96. The summed E-state index contributed by atoms with van der Waals surface area (Å²) in [6, 6.07) is 6.79. The van der Waals surface area contributed by atoms with Gasteiger partial charge in [0.25, 0.3) is 0 Å². The summed E-state index contributed by atoms with van der Waals surface area (Å²) in [5.41, 5.74) is 10.2. The predicted octanol–water partition coefficient (Wildman–Crippen LogP) is 2.85. The summed E-state index contributed by atoms with van der Waals surface area (Å²) in [7, 11) is 0. The van der Waals surface area contributed by atoms with Gasteiger partial charge in [0.15, 0.2) is 0 Å². The smallest absolute Gasteiger partial charge is 0.0144 e. The molecule has 2 rings (SSSR count). The molecule has 1 aromatic rings. The van der Waals surface area contributed by atoms with Crippen molar-refractivity contribution in [1.82, 2.24) is 0 Å². The first-order valence-corrected chi connectivity index (χ1v) is 5.60. The highest BCUT2D eigenvalue weighted by atomic mass is 14.6. The second-order valence-electron chi connectivity index (χ2n) is 4.74. The van der Waals surface area contributed by atoms with Crippen molar-refractivity contribution in [1.29, 1.82) is 0 Å². The molecule has 1 aliphatic rings. The Labute approximate surface area is 92.0 Å². The van der Waals surface area contributed by atoms with Crippen molar-refractivity contribution in [3.05, 3.63) is 47.0 Å². The van der Waals surface area contributed by atoms with Gasteiger partial charge in [-0.2, -0.15) is 0 Å². The third kappa shape index (κ3) is 1.84. The first-order valence-electron chi connectivity index (χ1n) is 5.60. The fourth-order valence-corrected chi connectivity index (χ4v) is 2.50. The summed E-state index contributed by atoms with van der Waals surface area (Å²) in [4.78, 5) is 0. The molecule has 2 N–H and O–H groups in total. The van der Waals surface area contributed by atoms with Gasteiger partial charge in [-0.05, 0) is 32.3 Å². The lowest BCUT2D eigenvalue weighted by atomic mass is 9.77. The molecule has 0 aromatic heterocycles. The lowest BCUT2D eigenvalue weighted by molar-refractivity contribution is 0.470. The molecule has 0 amide bonds. The van der Waals surface area contributed by atoms with Crippen LogP contribution in [0, 0.1) is 13.8 Å². The molecule has 0 aliphatic heterocycles. The van der Waals surface area contributed by atoms with Gasteiger partial charge in [0.1, 0.15) is 0 Å². The van der Waals surface area contributed by atoms with Crippen molar-refractivity contribution in [2.24, 2.45) is 5.73 Å². The van der Waals surface area contributed by atoms with E-state index >= 15 is 0 Å². The molecule has 1 nitrogen and oxygen atoms in total. The Hall–Kier alpha value is -1.08. The molecule has 0 unspecified atom stereocenters. The fourth-order valence-electron chi connectivity index (χ4n) is 2.50. The average molecular weight is 201 g/mol. The number of hydrogen-bond donors (Lipinski definition) is 1. The average Bonchev–Trinajstić information content (AvgIpc) is 2.65. The van der Waals surface area contributed by atoms with Crippen LogP contribution in [0.4, 0.5) is 0 Å². The van der Waals surface area contributed by atoms with Crippen molar-refractivity contribution in [3.63, 3.8) is 0 Å². The second kappa shape index (κ2) is 3.82. The van der Waals surface area contributed by atoms with E-state index in [1.165, 1.54) is 16.7 Å². The van der Waals surface area contributed by atoms with Crippen molar-refractivity contribution in [2.45, 2.75) is 32.1 Å². The van der Waals surface area contributed by atoms with E-state index in [2.05, 4.69) is 44.2 Å². The molecular weight excluding hydrogens is 182 g/mol. The standard InChI is InChI=1S/C14H19N/c1-11-7-12(2)9-13(8-11)14(10-15)5-3-4-6-14/h3-4,7-9H,5-6,10,15H2,1-2H3. The van der Waals surface area contributed by atoms with E-state index in [0.29, 0.717) is 0 Å². The second-order valence-corrected chi connectivity index (χ2v) is 4.74. The summed E-state index contributed by atoms with van der Waals surface area (Å²) < 4.78 is 0. The van der Waals surface area contributed by atoms with E-state index in [4.69, 9.17) is 5.73 Å². The summed E-state index contributed by atoms with van der Waals surface area (Å²) in [5.74, 6) is 0. The van der Waals surface area contributed by atoms with Crippen LogP contribution in [0.25, 0.3) is 0 Å². The Morgan fingerprint density at radius 2 is 1.60 bits per heavy atom. The van der Waals surface area contributed by atoms with Gasteiger partial charge in [-0.1, -0.05) is 41.5 Å². The molecule has 0 atom stereocenters. The Morgan fingerprint density at radius 3 is 2.07 bits per heavy atom. The molecule has 0 radical (unpaired) electrons. The van der Waals surface area contributed by atoms with Crippen LogP contribution < -0.4 is 5.73 Å². The van der Waals surface area contributed by atoms with E-state index in [-0.39, 0.29) is 5.41 Å². The topological polar surface area (TPSA) is 26.0 Å². The monoisotopic (exact) mass is 201 g/mol. The van der Waals surface area contributed by atoms with Gasteiger partial charge in [0, 0.05) is 12.0 Å². The zero-order valence-corrected chi connectivity index (χ0v) is 9.59. The Bertz CT molecular complexity index is 362. The highest BCUT2D eigenvalue weighted by Gasteiger charge is 2.31. The largest absolute Gasteiger partial charge is 0.330 e. The van der Waals surface area contributed by atoms with Gasteiger partial charge in [0.2, 0.25) is 0 Å². The normalized spacial score (nSPS) is 18.3. The van der Waals surface area contributed by atoms with Gasteiger partial charge in [0.05, 0.1) is 0 Å². The highest BCUT2D eigenvalue weighted by Crippen LogP contribution is 2.36. The molecule has 0 bridgehead atoms. The van der Waals surface area contributed by atoms with E-state index in [1.807, 2.05) is 0 Å². The van der Waals surface area contributed by atoms with Crippen LogP contribution in [0.2, 0.25) is 0 Å². The molecular formula is C14H19N. The maximum Gasteiger partial charge on any atom is 0.0144 e. The van der Waals surface area contributed by atoms with Crippen LogP contribution >= 0.6 is 0 Å². The van der Waals surface area contributed by atoms with Gasteiger partial charge in [-0.25, -0.2) is 0 Å². The highest BCUT2D eigenvalue weighted by molar-refractivity contribution is 5.37. The van der Waals surface area contributed by atoms with E-state index in [1.54, 1.807) is 0 Å². The van der Waals surface area contributed by atoms with Gasteiger partial charge < -0.3 is 5.73 Å². The van der Waals surface area contributed by atoms with Crippen molar-refractivity contribution < 1.29 is 0 Å². The lowest BCUT2D eigenvalue weighted by Gasteiger charge is -2.28.